The number of halogens is 1. The van der Waals surface area contributed by atoms with E-state index < -0.39 is 12.2 Å². The predicted octanol–water partition coefficient (Wildman–Crippen LogP) is 3.05. The summed E-state index contributed by atoms with van der Waals surface area (Å²) in [6.45, 7) is 3.30. The normalized spacial score (nSPS) is 13.7. The fourth-order valence-electron chi connectivity index (χ4n) is 1.99. The van der Waals surface area contributed by atoms with Crippen molar-refractivity contribution in [1.29, 1.82) is 0 Å². The molecule has 0 amide bonds. The Morgan fingerprint density at radius 2 is 2.05 bits per heavy atom. The highest BCUT2D eigenvalue weighted by Crippen LogP contribution is 2.31. The third-order valence-electron chi connectivity index (χ3n) is 2.93. The van der Waals surface area contributed by atoms with Crippen LogP contribution in [0.1, 0.15) is 24.8 Å². The van der Waals surface area contributed by atoms with E-state index >= 15 is 0 Å². The van der Waals surface area contributed by atoms with Crippen LogP contribution < -0.4 is 4.74 Å². The average Bonchev–Trinajstić information content (AvgIpc) is 3.04. The van der Waals surface area contributed by atoms with Crippen LogP contribution >= 0.6 is 12.4 Å². The van der Waals surface area contributed by atoms with E-state index in [-0.39, 0.29) is 18.3 Å². The third kappa shape index (κ3) is 3.01. The quantitative estimate of drug-likeness (QED) is 0.797. The number of aliphatic hydroxyl groups excluding tert-OH is 1. The minimum absolute atomic E-state index is 0. The molecule has 2 heterocycles. The second-order valence-electron chi connectivity index (χ2n) is 4.53. The van der Waals surface area contributed by atoms with Crippen molar-refractivity contribution in [2.24, 2.45) is 0 Å². The van der Waals surface area contributed by atoms with Gasteiger partial charge < -0.3 is 18.7 Å². The van der Waals surface area contributed by atoms with E-state index in [2.05, 4.69) is 10.2 Å². The number of aliphatic hydroxyl groups is 1. The van der Waals surface area contributed by atoms with Crippen LogP contribution in [-0.4, -0.2) is 21.4 Å². The van der Waals surface area contributed by atoms with Crippen molar-refractivity contribution in [2.45, 2.75) is 26.1 Å². The number of rotatable bonds is 4. The molecule has 0 aliphatic carbocycles. The molecule has 0 saturated heterocycles. The van der Waals surface area contributed by atoms with Crippen LogP contribution in [0, 0.1) is 6.92 Å². The fourth-order valence-corrected chi connectivity index (χ4v) is 1.99. The monoisotopic (exact) mass is 310 g/mol. The van der Waals surface area contributed by atoms with Crippen molar-refractivity contribution < 1.29 is 18.7 Å². The first-order valence-corrected chi connectivity index (χ1v) is 6.26. The van der Waals surface area contributed by atoms with Gasteiger partial charge in [-0.2, -0.15) is 0 Å². The zero-order valence-electron chi connectivity index (χ0n) is 11.5. The van der Waals surface area contributed by atoms with E-state index in [0.717, 1.165) is 5.39 Å². The molecule has 3 rings (SSSR count). The molecule has 21 heavy (non-hydrogen) atoms. The maximum Gasteiger partial charge on any atom is 0.259 e. The molecule has 0 saturated carbocycles. The van der Waals surface area contributed by atoms with Crippen molar-refractivity contribution >= 4 is 23.4 Å². The SMILES string of the molecule is Cc1nnc(C(Oc2cccc3occc23)C(C)O)o1.Cl. The number of aryl methyl sites for hydroxylation is 1. The van der Waals surface area contributed by atoms with E-state index in [1.165, 1.54) is 0 Å². The maximum atomic E-state index is 9.88. The molecule has 1 N–H and O–H groups in total. The van der Waals surface area contributed by atoms with Crippen molar-refractivity contribution in [2.75, 3.05) is 0 Å². The summed E-state index contributed by atoms with van der Waals surface area (Å²) in [4.78, 5) is 0. The topological polar surface area (TPSA) is 81.5 Å². The Morgan fingerprint density at radius 1 is 1.24 bits per heavy atom. The molecule has 1 aromatic carbocycles. The molecule has 0 spiro atoms. The number of fused-ring (bicyclic) bond motifs is 1. The highest BCUT2D eigenvalue weighted by atomic mass is 35.5. The van der Waals surface area contributed by atoms with Crippen LogP contribution in [-0.2, 0) is 0 Å². The maximum absolute atomic E-state index is 9.88. The lowest BCUT2D eigenvalue weighted by atomic mass is 10.2. The van der Waals surface area contributed by atoms with Crippen molar-refractivity contribution in [1.82, 2.24) is 10.2 Å². The molecule has 0 fully saturated rings. The molecule has 112 valence electrons. The van der Waals surface area contributed by atoms with Crippen LogP contribution in [0.5, 0.6) is 5.75 Å². The van der Waals surface area contributed by atoms with Gasteiger partial charge in [-0.15, -0.1) is 22.6 Å². The Kier molecular flexibility index (Phi) is 4.50. The fraction of sp³-hybridized carbons (Fsp3) is 0.286. The van der Waals surface area contributed by atoms with Gasteiger partial charge in [-0.25, -0.2) is 0 Å². The summed E-state index contributed by atoms with van der Waals surface area (Å²) < 4.78 is 16.5. The number of nitrogens with zero attached hydrogens (tertiary/aromatic N) is 2. The molecule has 0 radical (unpaired) electrons. The van der Waals surface area contributed by atoms with Gasteiger partial charge in [0, 0.05) is 6.92 Å². The number of hydrogen-bond donors (Lipinski definition) is 1. The molecule has 2 unspecified atom stereocenters. The number of ether oxygens (including phenoxy) is 1. The number of hydrogen-bond acceptors (Lipinski definition) is 6. The summed E-state index contributed by atoms with van der Waals surface area (Å²) in [5.41, 5.74) is 0.716. The van der Waals surface area contributed by atoms with Gasteiger partial charge in [-0.05, 0) is 25.1 Å². The Bertz CT molecular complexity index is 722. The average molecular weight is 311 g/mol. The molecular formula is C14H15ClN2O4. The molecule has 7 heteroatoms. The Morgan fingerprint density at radius 3 is 2.71 bits per heavy atom. The Labute approximate surface area is 127 Å². The van der Waals surface area contributed by atoms with E-state index in [4.69, 9.17) is 13.6 Å². The van der Waals surface area contributed by atoms with E-state index in [9.17, 15) is 5.11 Å². The van der Waals surface area contributed by atoms with E-state index in [0.29, 0.717) is 17.2 Å². The molecular weight excluding hydrogens is 296 g/mol. The summed E-state index contributed by atoms with van der Waals surface area (Å²) in [6, 6.07) is 7.27. The Balaban J connectivity index is 0.00000161. The zero-order valence-corrected chi connectivity index (χ0v) is 12.3. The first kappa shape index (κ1) is 15.3. The lowest BCUT2D eigenvalue weighted by molar-refractivity contribution is 0.0315. The van der Waals surface area contributed by atoms with Gasteiger partial charge >= 0.3 is 0 Å². The van der Waals surface area contributed by atoms with Gasteiger partial charge in [0.05, 0.1) is 17.8 Å². The first-order valence-electron chi connectivity index (χ1n) is 6.26. The highest BCUT2D eigenvalue weighted by molar-refractivity contribution is 5.85. The smallest absolute Gasteiger partial charge is 0.259 e. The molecule has 3 aromatic rings. The summed E-state index contributed by atoms with van der Waals surface area (Å²) in [7, 11) is 0. The van der Waals surface area contributed by atoms with Gasteiger partial charge in [0.25, 0.3) is 5.89 Å². The summed E-state index contributed by atoms with van der Waals surface area (Å²) in [5.74, 6) is 1.27. The zero-order chi connectivity index (χ0) is 14.1. The van der Waals surface area contributed by atoms with Crippen molar-refractivity contribution in [3.8, 4) is 5.75 Å². The number of furan rings is 1. The van der Waals surface area contributed by atoms with Crippen LogP contribution in [0.25, 0.3) is 11.0 Å². The molecule has 2 atom stereocenters. The number of benzene rings is 1. The van der Waals surface area contributed by atoms with Gasteiger partial charge in [-0.3, -0.25) is 0 Å². The van der Waals surface area contributed by atoms with Crippen molar-refractivity contribution in [3.63, 3.8) is 0 Å². The van der Waals surface area contributed by atoms with Gasteiger partial charge in [0.15, 0.2) is 0 Å². The first-order chi connectivity index (χ1) is 9.65. The summed E-state index contributed by atoms with van der Waals surface area (Å²) >= 11 is 0. The summed E-state index contributed by atoms with van der Waals surface area (Å²) in [6.07, 6.45) is 0.0693. The Hall–Kier alpha value is -2.05. The second kappa shape index (κ2) is 6.15. The van der Waals surface area contributed by atoms with Crippen LogP contribution in [0.15, 0.2) is 39.4 Å². The summed E-state index contributed by atoms with van der Waals surface area (Å²) in [5, 5.41) is 18.4. The van der Waals surface area contributed by atoms with E-state index in [1.54, 1.807) is 26.2 Å². The van der Waals surface area contributed by atoms with Gasteiger partial charge in [0.2, 0.25) is 12.0 Å². The molecule has 0 aliphatic heterocycles. The number of aromatic nitrogens is 2. The minimum Gasteiger partial charge on any atom is -0.477 e. The predicted molar refractivity (Wildman–Crippen MR) is 77.5 cm³/mol. The van der Waals surface area contributed by atoms with E-state index in [1.807, 2.05) is 18.2 Å². The highest BCUT2D eigenvalue weighted by Gasteiger charge is 2.26. The lowest BCUT2D eigenvalue weighted by Crippen LogP contribution is -2.21. The standard InChI is InChI=1S/C14H14N2O4.ClH/c1-8(17)13(14-16-15-9(2)19-14)20-12-5-3-4-11-10(12)6-7-18-11;/h3-8,13,17H,1-2H3;1H. The van der Waals surface area contributed by atoms with Crippen molar-refractivity contribution in [3.05, 3.63) is 42.3 Å². The van der Waals surface area contributed by atoms with Gasteiger partial charge in [0.1, 0.15) is 11.3 Å². The largest absolute Gasteiger partial charge is 0.477 e. The molecule has 6 nitrogen and oxygen atoms in total. The molecule has 0 aliphatic rings. The molecule has 0 bridgehead atoms. The van der Waals surface area contributed by atoms with Crippen LogP contribution in [0.2, 0.25) is 0 Å². The van der Waals surface area contributed by atoms with Gasteiger partial charge in [-0.1, -0.05) is 6.07 Å². The molecule has 2 aromatic heterocycles. The third-order valence-corrected chi connectivity index (χ3v) is 2.93. The van der Waals surface area contributed by atoms with Crippen LogP contribution in [0.3, 0.4) is 0 Å². The minimum atomic E-state index is -0.794. The lowest BCUT2D eigenvalue weighted by Gasteiger charge is -2.18. The second-order valence-corrected chi connectivity index (χ2v) is 4.53. The van der Waals surface area contributed by atoms with Crippen LogP contribution in [0.4, 0.5) is 0 Å².